The first-order chi connectivity index (χ1) is 8.88. The highest BCUT2D eigenvalue weighted by Gasteiger charge is 2.57. The van der Waals surface area contributed by atoms with E-state index in [0.717, 1.165) is 18.5 Å². The average molecular weight is 238 g/mol. The molecule has 2 fully saturated rings. The van der Waals surface area contributed by atoms with E-state index >= 15 is 0 Å². The van der Waals surface area contributed by atoms with Crippen LogP contribution in [0.1, 0.15) is 12.8 Å². The third kappa shape index (κ3) is 1.19. The van der Waals surface area contributed by atoms with Gasteiger partial charge in [-0.05, 0) is 30.9 Å². The maximum Gasteiger partial charge on any atom is 0.0997 e. The second-order valence-corrected chi connectivity index (χ2v) is 5.50. The number of rotatable bonds is 1. The van der Waals surface area contributed by atoms with E-state index < -0.39 is 0 Å². The van der Waals surface area contributed by atoms with Crippen LogP contribution >= 0.6 is 0 Å². The first-order valence-electron chi connectivity index (χ1n) is 6.53. The Kier molecular flexibility index (Phi) is 1.99. The molecule has 0 spiro atoms. The Morgan fingerprint density at radius 2 is 2.06 bits per heavy atom. The number of nitriles is 1. The van der Waals surface area contributed by atoms with Gasteiger partial charge in [-0.2, -0.15) is 10.4 Å². The Morgan fingerprint density at radius 3 is 2.83 bits per heavy atom. The number of hydrogen-bond acceptors (Lipinski definition) is 4. The van der Waals surface area contributed by atoms with Crippen LogP contribution in [0.25, 0.3) is 0 Å². The van der Waals surface area contributed by atoms with Gasteiger partial charge in [0.2, 0.25) is 0 Å². The van der Waals surface area contributed by atoms with Gasteiger partial charge in [-0.15, -0.1) is 0 Å². The summed E-state index contributed by atoms with van der Waals surface area (Å²) in [5.41, 5.74) is 1.12. The van der Waals surface area contributed by atoms with Gasteiger partial charge < -0.3 is 0 Å². The minimum Gasteiger partial charge on any atom is -0.242 e. The number of anilines is 1. The Hall–Kier alpha value is -1.89. The van der Waals surface area contributed by atoms with E-state index in [1.165, 1.54) is 0 Å². The molecule has 0 saturated heterocycles. The van der Waals surface area contributed by atoms with E-state index in [1.807, 2.05) is 18.2 Å². The Bertz CT molecular complexity index is 532. The maximum absolute atomic E-state index is 9.16. The summed E-state index contributed by atoms with van der Waals surface area (Å²) in [7, 11) is 0. The van der Waals surface area contributed by atoms with Crippen molar-refractivity contribution in [1.29, 1.82) is 5.26 Å². The first kappa shape index (κ1) is 10.1. The third-order valence-corrected chi connectivity index (χ3v) is 4.67. The van der Waals surface area contributed by atoms with Gasteiger partial charge in [0.1, 0.15) is 0 Å². The van der Waals surface area contributed by atoms with Crippen LogP contribution in [-0.4, -0.2) is 12.1 Å². The third-order valence-electron chi connectivity index (χ3n) is 4.67. The standard InChI is InChI=1S/C14H14N4/c15-8-10-6-9-7-12(10)13-14(9)18(17-16-13)11-4-2-1-3-5-11/h1-5,9-10,12-14H,6-7H2/t9-,10+,12+,13-,14-/m0/s1. The lowest BCUT2D eigenvalue weighted by molar-refractivity contribution is 0.330. The van der Waals surface area contributed by atoms with E-state index in [-0.39, 0.29) is 12.0 Å². The normalized spacial score (nSPS) is 39.9. The molecule has 1 aromatic rings. The SMILES string of the molecule is N#C[C@H]1C[C@H]2C[C@H]1[C@@H]1N=NN(c3ccccc3)[C@@H]21. The molecule has 4 nitrogen and oxygen atoms in total. The molecule has 1 aliphatic heterocycles. The van der Waals surface area contributed by atoms with Crippen LogP contribution in [0.15, 0.2) is 40.7 Å². The number of para-hydroxylation sites is 1. The molecular formula is C14H14N4. The molecule has 0 aromatic heterocycles. The molecule has 0 amide bonds. The molecule has 2 saturated carbocycles. The van der Waals surface area contributed by atoms with Crippen LogP contribution in [0.2, 0.25) is 0 Å². The van der Waals surface area contributed by atoms with E-state index in [4.69, 9.17) is 5.26 Å². The summed E-state index contributed by atoms with van der Waals surface area (Å²) in [6.07, 6.45) is 2.17. The summed E-state index contributed by atoms with van der Waals surface area (Å²) in [5.74, 6) is 1.22. The van der Waals surface area contributed by atoms with Crippen LogP contribution in [0, 0.1) is 29.1 Å². The fourth-order valence-corrected chi connectivity index (χ4v) is 3.93. The molecule has 0 radical (unpaired) electrons. The smallest absolute Gasteiger partial charge is 0.0997 e. The summed E-state index contributed by atoms with van der Waals surface area (Å²) >= 11 is 0. The number of nitrogens with zero attached hydrogens (tertiary/aromatic N) is 4. The minimum absolute atomic E-state index is 0.200. The summed E-state index contributed by atoms with van der Waals surface area (Å²) in [6.45, 7) is 0. The molecule has 18 heavy (non-hydrogen) atoms. The van der Waals surface area contributed by atoms with Gasteiger partial charge in [-0.3, -0.25) is 0 Å². The van der Waals surface area contributed by atoms with E-state index in [2.05, 4.69) is 33.5 Å². The molecule has 3 aliphatic rings. The van der Waals surface area contributed by atoms with Gasteiger partial charge in [-0.1, -0.05) is 23.4 Å². The quantitative estimate of drug-likeness (QED) is 0.755. The second-order valence-electron chi connectivity index (χ2n) is 5.50. The molecule has 2 aliphatic carbocycles. The topological polar surface area (TPSA) is 51.8 Å². The van der Waals surface area contributed by atoms with Crippen LogP contribution in [0.4, 0.5) is 5.69 Å². The fraction of sp³-hybridized carbons (Fsp3) is 0.500. The molecule has 0 unspecified atom stereocenters. The minimum atomic E-state index is 0.200. The fourth-order valence-electron chi connectivity index (χ4n) is 3.93. The highest BCUT2D eigenvalue weighted by Crippen LogP contribution is 2.54. The molecular weight excluding hydrogens is 224 g/mol. The lowest BCUT2D eigenvalue weighted by atomic mass is 9.83. The second kappa shape index (κ2) is 3.55. The van der Waals surface area contributed by atoms with Gasteiger partial charge in [0, 0.05) is 5.92 Å². The number of hydrogen-bond donors (Lipinski definition) is 0. The van der Waals surface area contributed by atoms with Crippen molar-refractivity contribution in [2.24, 2.45) is 28.1 Å². The van der Waals surface area contributed by atoms with Crippen molar-refractivity contribution < 1.29 is 0 Å². The summed E-state index contributed by atoms with van der Waals surface area (Å²) in [4.78, 5) is 0. The summed E-state index contributed by atoms with van der Waals surface area (Å²) in [6, 6.07) is 13.3. The Balaban J connectivity index is 1.66. The molecule has 2 bridgehead atoms. The Labute approximate surface area is 106 Å². The molecule has 4 heteroatoms. The first-order valence-corrected chi connectivity index (χ1v) is 6.53. The lowest BCUT2D eigenvalue weighted by Crippen LogP contribution is -2.41. The summed E-state index contributed by atoms with van der Waals surface area (Å²) in [5, 5.41) is 20.0. The average Bonchev–Trinajstić information content (AvgIpc) is 3.10. The largest absolute Gasteiger partial charge is 0.242 e. The van der Waals surface area contributed by atoms with Crippen molar-refractivity contribution in [3.63, 3.8) is 0 Å². The van der Waals surface area contributed by atoms with Crippen molar-refractivity contribution in [3.8, 4) is 6.07 Å². The maximum atomic E-state index is 9.16. The van der Waals surface area contributed by atoms with Crippen molar-refractivity contribution in [2.45, 2.75) is 24.9 Å². The van der Waals surface area contributed by atoms with Crippen LogP contribution in [-0.2, 0) is 0 Å². The zero-order valence-electron chi connectivity index (χ0n) is 9.98. The number of fused-ring (bicyclic) bond motifs is 5. The Morgan fingerprint density at radius 1 is 1.22 bits per heavy atom. The van der Waals surface area contributed by atoms with E-state index in [1.54, 1.807) is 0 Å². The molecule has 90 valence electrons. The highest BCUT2D eigenvalue weighted by atomic mass is 15.6. The van der Waals surface area contributed by atoms with Crippen molar-refractivity contribution >= 4 is 5.69 Å². The zero-order valence-corrected chi connectivity index (χ0v) is 9.98. The van der Waals surface area contributed by atoms with Gasteiger partial charge >= 0.3 is 0 Å². The van der Waals surface area contributed by atoms with Crippen LogP contribution in [0.3, 0.4) is 0 Å². The molecule has 5 atom stereocenters. The highest BCUT2D eigenvalue weighted by molar-refractivity contribution is 5.48. The van der Waals surface area contributed by atoms with Gasteiger partial charge in [0.25, 0.3) is 0 Å². The molecule has 0 N–H and O–H groups in total. The van der Waals surface area contributed by atoms with Gasteiger partial charge in [0.15, 0.2) is 0 Å². The van der Waals surface area contributed by atoms with Crippen molar-refractivity contribution in [3.05, 3.63) is 30.3 Å². The predicted molar refractivity (Wildman–Crippen MR) is 66.7 cm³/mol. The predicted octanol–water partition coefficient (Wildman–Crippen LogP) is 2.79. The van der Waals surface area contributed by atoms with E-state index in [0.29, 0.717) is 17.9 Å². The molecule has 1 aromatic carbocycles. The van der Waals surface area contributed by atoms with Crippen molar-refractivity contribution in [1.82, 2.24) is 0 Å². The molecule has 4 rings (SSSR count). The van der Waals surface area contributed by atoms with Crippen LogP contribution in [0.5, 0.6) is 0 Å². The zero-order chi connectivity index (χ0) is 12.1. The molecule has 1 heterocycles. The van der Waals surface area contributed by atoms with Crippen LogP contribution < -0.4 is 5.01 Å². The summed E-state index contributed by atoms with van der Waals surface area (Å²) < 4.78 is 0. The van der Waals surface area contributed by atoms with Crippen molar-refractivity contribution in [2.75, 3.05) is 5.01 Å². The van der Waals surface area contributed by atoms with E-state index in [9.17, 15) is 0 Å². The monoisotopic (exact) mass is 238 g/mol. The van der Waals surface area contributed by atoms with Gasteiger partial charge in [-0.25, -0.2) is 5.01 Å². The van der Waals surface area contributed by atoms with Gasteiger partial charge in [0.05, 0.1) is 29.8 Å². The lowest BCUT2D eigenvalue weighted by Gasteiger charge is -2.30. The number of benzene rings is 1.